The minimum atomic E-state index is 0.0376. The minimum absolute atomic E-state index is 0.0376. The van der Waals surface area contributed by atoms with Crippen LogP contribution in [0.25, 0.3) is 60.9 Å². The predicted molar refractivity (Wildman–Crippen MR) is 247 cm³/mol. The third-order valence-corrected chi connectivity index (χ3v) is 13.2. The summed E-state index contributed by atoms with van der Waals surface area (Å²) in [5.41, 5.74) is 18.5. The Balaban J connectivity index is 1.15. The summed E-state index contributed by atoms with van der Waals surface area (Å²) in [5.74, 6) is 0. The molecule has 0 saturated carbocycles. The predicted octanol–water partition coefficient (Wildman–Crippen LogP) is 12.5. The maximum atomic E-state index is 2.53. The van der Waals surface area contributed by atoms with Gasteiger partial charge in [0.1, 0.15) is 0 Å². The summed E-state index contributed by atoms with van der Waals surface area (Å²) in [6.45, 7) is 0.0376. The molecule has 0 aliphatic carbocycles. The zero-order valence-corrected chi connectivity index (χ0v) is 32.4. The van der Waals surface area contributed by atoms with Crippen molar-refractivity contribution in [3.05, 3.63) is 212 Å². The van der Waals surface area contributed by atoms with Crippen molar-refractivity contribution >= 4 is 73.7 Å². The van der Waals surface area contributed by atoms with Gasteiger partial charge in [-0.25, -0.2) is 0 Å². The maximum Gasteiger partial charge on any atom is 0.249 e. The number of para-hydroxylation sites is 2. The summed E-state index contributed by atoms with van der Waals surface area (Å²) < 4.78 is 2.47. The number of anilines is 3. The lowest BCUT2D eigenvalue weighted by Crippen LogP contribution is -2.60. The van der Waals surface area contributed by atoms with Gasteiger partial charge in [0.15, 0.2) is 0 Å². The highest BCUT2D eigenvalue weighted by molar-refractivity contribution is 8.00. The summed E-state index contributed by atoms with van der Waals surface area (Å²) in [5, 5.41) is 2.53. The van der Waals surface area contributed by atoms with E-state index in [1.807, 2.05) is 11.8 Å². The van der Waals surface area contributed by atoms with Gasteiger partial charge in [-0.15, -0.1) is 0 Å². The van der Waals surface area contributed by atoms with Gasteiger partial charge in [0, 0.05) is 43.3 Å². The maximum absolute atomic E-state index is 2.53. The van der Waals surface area contributed by atoms with E-state index in [2.05, 4.69) is 222 Å². The van der Waals surface area contributed by atoms with Crippen LogP contribution in [0.3, 0.4) is 0 Å². The third kappa shape index (κ3) is 5.22. The fraction of sp³-hybridized carbons (Fsp3) is 0. The van der Waals surface area contributed by atoms with Crippen molar-refractivity contribution in [3.8, 4) is 39.1 Å². The first kappa shape index (κ1) is 33.2. The van der Waals surface area contributed by atoms with Crippen molar-refractivity contribution in [2.75, 3.05) is 4.90 Å². The molecule has 0 spiro atoms. The number of nitrogens with zero attached hydrogens (tertiary/aromatic N) is 2. The second kappa shape index (κ2) is 13.3. The lowest BCUT2D eigenvalue weighted by Gasteiger charge is -2.41. The summed E-state index contributed by atoms with van der Waals surface area (Å²) >= 11 is 1.91. The number of aromatic nitrogens is 1. The summed E-state index contributed by atoms with van der Waals surface area (Å²) in [6, 6.07) is 78.2. The average molecular weight is 755 g/mol. The number of hydrogen-bond donors (Lipinski definition) is 0. The first-order valence-electron chi connectivity index (χ1n) is 20.0. The van der Waals surface area contributed by atoms with Crippen molar-refractivity contribution in [1.82, 2.24) is 4.57 Å². The fourth-order valence-electron chi connectivity index (χ4n) is 9.40. The molecule has 3 heterocycles. The number of rotatable bonds is 5. The van der Waals surface area contributed by atoms with Crippen LogP contribution in [-0.4, -0.2) is 11.3 Å². The molecule has 2 nitrogen and oxygen atoms in total. The average Bonchev–Trinajstić information content (AvgIpc) is 3.64. The highest BCUT2D eigenvalue weighted by atomic mass is 32.2. The normalized spacial score (nSPS) is 12.7. The quantitative estimate of drug-likeness (QED) is 0.162. The standard InChI is InChI=1S/C54H35BN2S/c1-4-14-36(15-5-1)39-24-28-42(29-25-39)56-50-30-26-40(37-16-6-2-7-17-37)32-46(50)55-47-33-41(38-18-8-3-9-19-38)27-31-52(47)58-53-35-43(34-51(56)54(53)55)57-48-22-12-10-20-44(48)45-21-11-13-23-49(45)57/h1-35H. The molecule has 4 heteroatoms. The van der Waals surface area contributed by atoms with E-state index < -0.39 is 0 Å². The van der Waals surface area contributed by atoms with Crippen LogP contribution in [0.1, 0.15) is 0 Å². The Bertz CT molecular complexity index is 3140. The summed E-state index contributed by atoms with van der Waals surface area (Å²) in [7, 11) is 0. The van der Waals surface area contributed by atoms with Gasteiger partial charge in [0.25, 0.3) is 0 Å². The highest BCUT2D eigenvalue weighted by Crippen LogP contribution is 2.45. The molecule has 12 rings (SSSR count). The molecule has 0 unspecified atom stereocenters. The summed E-state index contributed by atoms with van der Waals surface area (Å²) in [6.07, 6.45) is 0. The van der Waals surface area contributed by atoms with E-state index in [1.54, 1.807) is 0 Å². The molecular weight excluding hydrogens is 719 g/mol. The van der Waals surface area contributed by atoms with Crippen molar-refractivity contribution in [3.63, 3.8) is 0 Å². The Morgan fingerprint density at radius 2 is 0.845 bits per heavy atom. The van der Waals surface area contributed by atoms with E-state index >= 15 is 0 Å². The zero-order chi connectivity index (χ0) is 38.2. The van der Waals surface area contributed by atoms with Gasteiger partial charge in [-0.3, -0.25) is 0 Å². The van der Waals surface area contributed by atoms with Crippen LogP contribution < -0.4 is 21.3 Å². The molecule has 0 N–H and O–H groups in total. The highest BCUT2D eigenvalue weighted by Gasteiger charge is 2.42. The molecular formula is C54H35BN2S. The van der Waals surface area contributed by atoms with Crippen molar-refractivity contribution in [2.45, 2.75) is 9.79 Å². The Labute approximate surface area is 342 Å². The van der Waals surface area contributed by atoms with Gasteiger partial charge in [-0.1, -0.05) is 181 Å². The molecule has 2 aliphatic rings. The molecule has 270 valence electrons. The lowest BCUT2D eigenvalue weighted by atomic mass is 9.34. The largest absolute Gasteiger partial charge is 0.311 e. The van der Waals surface area contributed by atoms with Crippen molar-refractivity contribution < 1.29 is 0 Å². The number of benzene rings is 9. The van der Waals surface area contributed by atoms with Gasteiger partial charge in [-0.05, 0) is 92.8 Å². The Hall–Kier alpha value is -7.01. The number of fused-ring (bicyclic) bond motifs is 7. The van der Waals surface area contributed by atoms with E-state index in [0.717, 1.165) is 11.4 Å². The second-order valence-electron chi connectivity index (χ2n) is 15.3. The SMILES string of the molecule is c1ccc(-c2ccc(N3c4ccc(-c5ccccc5)cc4B4c5cc(-c6ccccc6)ccc5Sc5cc(-n6c7ccccc7c7ccccc76)cc3c54)cc2)cc1. The molecule has 0 saturated heterocycles. The molecule has 0 atom stereocenters. The van der Waals surface area contributed by atoms with E-state index in [9.17, 15) is 0 Å². The van der Waals surface area contributed by atoms with Gasteiger partial charge in [0.05, 0.1) is 11.0 Å². The van der Waals surface area contributed by atoms with Gasteiger partial charge in [-0.2, -0.15) is 0 Å². The summed E-state index contributed by atoms with van der Waals surface area (Å²) in [4.78, 5) is 5.12. The molecule has 2 aliphatic heterocycles. The monoisotopic (exact) mass is 754 g/mol. The van der Waals surface area contributed by atoms with Crippen molar-refractivity contribution in [1.29, 1.82) is 0 Å². The molecule has 0 fully saturated rings. The molecule has 9 aromatic carbocycles. The molecule has 58 heavy (non-hydrogen) atoms. The van der Waals surface area contributed by atoms with E-state index in [4.69, 9.17) is 0 Å². The smallest absolute Gasteiger partial charge is 0.249 e. The van der Waals surface area contributed by atoms with E-state index in [0.29, 0.717) is 0 Å². The zero-order valence-electron chi connectivity index (χ0n) is 31.6. The molecule has 0 amide bonds. The van der Waals surface area contributed by atoms with Gasteiger partial charge < -0.3 is 9.47 Å². The molecule has 1 aromatic heterocycles. The molecule has 10 aromatic rings. The van der Waals surface area contributed by atoms with Crippen LogP contribution in [0.5, 0.6) is 0 Å². The lowest BCUT2D eigenvalue weighted by molar-refractivity contribution is 1.15. The minimum Gasteiger partial charge on any atom is -0.311 e. The topological polar surface area (TPSA) is 8.17 Å². The molecule has 0 bridgehead atoms. The van der Waals surface area contributed by atoms with Crippen molar-refractivity contribution in [2.24, 2.45) is 0 Å². The Morgan fingerprint density at radius 1 is 0.345 bits per heavy atom. The van der Waals surface area contributed by atoms with Crippen LogP contribution in [0.2, 0.25) is 0 Å². The fourth-order valence-corrected chi connectivity index (χ4v) is 10.6. The van der Waals surface area contributed by atoms with E-state index in [-0.39, 0.29) is 6.71 Å². The number of hydrogen-bond acceptors (Lipinski definition) is 2. The third-order valence-electron chi connectivity index (χ3n) is 12.0. The van der Waals surface area contributed by atoms with Gasteiger partial charge in [0.2, 0.25) is 6.71 Å². The van der Waals surface area contributed by atoms with Gasteiger partial charge >= 0.3 is 0 Å². The molecule has 0 radical (unpaired) electrons. The first-order valence-corrected chi connectivity index (χ1v) is 20.8. The Morgan fingerprint density at radius 3 is 1.47 bits per heavy atom. The van der Waals surface area contributed by atoms with Crippen LogP contribution in [0.15, 0.2) is 222 Å². The van der Waals surface area contributed by atoms with Crippen LogP contribution >= 0.6 is 11.8 Å². The second-order valence-corrected chi connectivity index (χ2v) is 16.4. The van der Waals surface area contributed by atoms with Crippen LogP contribution in [-0.2, 0) is 0 Å². The first-order chi connectivity index (χ1) is 28.8. The Kier molecular flexibility index (Phi) is 7.60. The van der Waals surface area contributed by atoms with Crippen LogP contribution in [0, 0.1) is 0 Å². The van der Waals surface area contributed by atoms with E-state index in [1.165, 1.54) is 92.7 Å². The van der Waals surface area contributed by atoms with Crippen LogP contribution in [0.4, 0.5) is 17.1 Å².